The lowest BCUT2D eigenvalue weighted by molar-refractivity contribution is -0.136. The molecule has 2 rings (SSSR count). The third kappa shape index (κ3) is 4.99. The van der Waals surface area contributed by atoms with Gasteiger partial charge in [-0.05, 0) is 50.2 Å². The van der Waals surface area contributed by atoms with Crippen LogP contribution in [0.2, 0.25) is 0 Å². The van der Waals surface area contributed by atoms with Gasteiger partial charge in [-0.1, -0.05) is 0 Å². The zero-order chi connectivity index (χ0) is 16.7. The van der Waals surface area contributed by atoms with Gasteiger partial charge in [0, 0.05) is 5.69 Å². The zero-order valence-corrected chi connectivity index (χ0v) is 12.8. The van der Waals surface area contributed by atoms with Gasteiger partial charge in [0.25, 0.3) is 0 Å². The third-order valence-electron chi connectivity index (χ3n) is 2.75. The molecule has 0 unspecified atom stereocenters. The molecule has 23 heavy (non-hydrogen) atoms. The van der Waals surface area contributed by atoms with Crippen LogP contribution >= 0.6 is 0 Å². The molecule has 0 saturated carbocycles. The van der Waals surface area contributed by atoms with Crippen molar-refractivity contribution in [2.45, 2.75) is 13.8 Å². The number of carbonyl (C=O) groups is 2. The first-order chi connectivity index (χ1) is 11.1. The SMILES string of the molecule is CCOc1ccc(NC(=O)C(=O)N/N=C/c2ccc(C)o2)cc1. The Labute approximate surface area is 133 Å². The van der Waals surface area contributed by atoms with Crippen LogP contribution in [0.5, 0.6) is 5.75 Å². The summed E-state index contributed by atoms with van der Waals surface area (Å²) in [7, 11) is 0. The maximum absolute atomic E-state index is 11.7. The Balaban J connectivity index is 1.84. The number of amides is 2. The second-order valence-corrected chi connectivity index (χ2v) is 4.56. The summed E-state index contributed by atoms with van der Waals surface area (Å²) in [4.78, 5) is 23.3. The number of anilines is 1. The maximum Gasteiger partial charge on any atom is 0.329 e. The molecule has 1 heterocycles. The van der Waals surface area contributed by atoms with E-state index in [4.69, 9.17) is 9.15 Å². The van der Waals surface area contributed by atoms with Crippen LogP contribution in [0.15, 0.2) is 45.9 Å². The van der Waals surface area contributed by atoms with E-state index in [1.807, 2.05) is 6.92 Å². The molecular formula is C16H17N3O4. The van der Waals surface area contributed by atoms with Gasteiger partial charge in [-0.3, -0.25) is 9.59 Å². The number of nitrogens with one attached hydrogen (secondary N) is 2. The number of ether oxygens (including phenoxy) is 1. The minimum Gasteiger partial charge on any atom is -0.494 e. The van der Waals surface area contributed by atoms with Gasteiger partial charge in [0.05, 0.1) is 12.8 Å². The van der Waals surface area contributed by atoms with E-state index in [1.54, 1.807) is 43.3 Å². The third-order valence-corrected chi connectivity index (χ3v) is 2.75. The Hall–Kier alpha value is -3.09. The number of hydrogen-bond acceptors (Lipinski definition) is 5. The molecule has 0 fully saturated rings. The van der Waals surface area contributed by atoms with E-state index in [0.717, 1.165) is 5.76 Å². The molecule has 0 aliphatic rings. The molecular weight excluding hydrogens is 298 g/mol. The monoisotopic (exact) mass is 315 g/mol. The molecule has 120 valence electrons. The van der Waals surface area contributed by atoms with Gasteiger partial charge in [-0.2, -0.15) is 5.10 Å². The quantitative estimate of drug-likeness (QED) is 0.502. The molecule has 0 aliphatic carbocycles. The van der Waals surface area contributed by atoms with Crippen molar-refractivity contribution in [1.82, 2.24) is 5.43 Å². The average molecular weight is 315 g/mol. The Morgan fingerprint density at radius 2 is 1.91 bits per heavy atom. The predicted octanol–water partition coefficient (Wildman–Crippen LogP) is 2.08. The van der Waals surface area contributed by atoms with E-state index in [0.29, 0.717) is 23.8 Å². The number of hydrazone groups is 1. The smallest absolute Gasteiger partial charge is 0.329 e. The molecule has 7 heteroatoms. The first-order valence-electron chi connectivity index (χ1n) is 7.02. The first kappa shape index (κ1) is 16.3. The second kappa shape index (κ2) is 7.79. The number of carbonyl (C=O) groups excluding carboxylic acids is 2. The number of nitrogens with zero attached hydrogens (tertiary/aromatic N) is 1. The molecule has 2 N–H and O–H groups in total. The van der Waals surface area contributed by atoms with Crippen LogP contribution in [0.1, 0.15) is 18.4 Å². The number of benzene rings is 1. The van der Waals surface area contributed by atoms with Crippen molar-refractivity contribution >= 4 is 23.7 Å². The largest absolute Gasteiger partial charge is 0.494 e. The maximum atomic E-state index is 11.7. The molecule has 0 bridgehead atoms. The van der Waals surface area contributed by atoms with E-state index < -0.39 is 11.8 Å². The Bertz CT molecular complexity index is 704. The van der Waals surface area contributed by atoms with E-state index in [2.05, 4.69) is 15.8 Å². The van der Waals surface area contributed by atoms with Gasteiger partial charge in [0.15, 0.2) is 0 Å². The summed E-state index contributed by atoms with van der Waals surface area (Å²) in [5, 5.41) is 6.12. The van der Waals surface area contributed by atoms with E-state index in [9.17, 15) is 9.59 Å². The summed E-state index contributed by atoms with van der Waals surface area (Å²) >= 11 is 0. The molecule has 2 aromatic rings. The summed E-state index contributed by atoms with van der Waals surface area (Å²) < 4.78 is 10.5. The fraction of sp³-hybridized carbons (Fsp3) is 0.188. The van der Waals surface area contributed by atoms with Crippen molar-refractivity contribution in [3.63, 3.8) is 0 Å². The highest BCUT2D eigenvalue weighted by Gasteiger charge is 2.12. The molecule has 0 aliphatic heterocycles. The Morgan fingerprint density at radius 3 is 2.52 bits per heavy atom. The minimum absolute atomic E-state index is 0.481. The molecule has 0 radical (unpaired) electrons. The zero-order valence-electron chi connectivity index (χ0n) is 12.8. The highest BCUT2D eigenvalue weighted by molar-refractivity contribution is 6.39. The molecule has 0 spiro atoms. The molecule has 0 saturated heterocycles. The lowest BCUT2D eigenvalue weighted by atomic mass is 10.3. The lowest BCUT2D eigenvalue weighted by Crippen LogP contribution is -2.32. The number of aryl methyl sites for hydroxylation is 1. The topological polar surface area (TPSA) is 92.9 Å². The van der Waals surface area contributed by atoms with Gasteiger partial charge >= 0.3 is 11.8 Å². The normalized spacial score (nSPS) is 10.5. The predicted molar refractivity (Wildman–Crippen MR) is 85.4 cm³/mol. The van der Waals surface area contributed by atoms with Crippen molar-refractivity contribution in [3.8, 4) is 5.75 Å². The van der Waals surface area contributed by atoms with Gasteiger partial charge < -0.3 is 14.5 Å². The van der Waals surface area contributed by atoms with E-state index in [1.165, 1.54) is 6.21 Å². The Kier molecular flexibility index (Phi) is 5.51. The van der Waals surface area contributed by atoms with Crippen molar-refractivity contribution in [2.24, 2.45) is 5.10 Å². The van der Waals surface area contributed by atoms with Crippen molar-refractivity contribution in [3.05, 3.63) is 47.9 Å². The summed E-state index contributed by atoms with van der Waals surface area (Å²) in [5.74, 6) is 0.203. The van der Waals surface area contributed by atoms with Crippen molar-refractivity contribution in [1.29, 1.82) is 0 Å². The van der Waals surface area contributed by atoms with Crippen LogP contribution in [-0.4, -0.2) is 24.6 Å². The number of hydrogen-bond donors (Lipinski definition) is 2. The standard InChI is InChI=1S/C16H17N3O4/c1-3-22-13-8-5-12(6-9-13)18-15(20)16(21)19-17-10-14-7-4-11(2)23-14/h4-10H,3H2,1-2H3,(H,18,20)(H,19,21)/b17-10+. The highest BCUT2D eigenvalue weighted by Crippen LogP contribution is 2.15. The molecule has 7 nitrogen and oxygen atoms in total. The van der Waals surface area contributed by atoms with Crippen LogP contribution in [0, 0.1) is 6.92 Å². The lowest BCUT2D eigenvalue weighted by Gasteiger charge is -2.06. The molecule has 2 amide bonds. The highest BCUT2D eigenvalue weighted by atomic mass is 16.5. The summed E-state index contributed by atoms with van der Waals surface area (Å²) in [6, 6.07) is 10.2. The van der Waals surface area contributed by atoms with Gasteiger partial charge in [-0.25, -0.2) is 5.43 Å². The van der Waals surface area contributed by atoms with Gasteiger partial charge in [-0.15, -0.1) is 0 Å². The fourth-order valence-corrected chi connectivity index (χ4v) is 1.72. The van der Waals surface area contributed by atoms with E-state index >= 15 is 0 Å². The second-order valence-electron chi connectivity index (χ2n) is 4.56. The van der Waals surface area contributed by atoms with Crippen molar-refractivity contribution < 1.29 is 18.7 Å². The molecule has 0 atom stereocenters. The average Bonchev–Trinajstić information content (AvgIpc) is 2.95. The van der Waals surface area contributed by atoms with Gasteiger partial charge in [0.1, 0.15) is 17.3 Å². The van der Waals surface area contributed by atoms with Crippen LogP contribution in [-0.2, 0) is 9.59 Å². The summed E-state index contributed by atoms with van der Waals surface area (Å²) in [6.45, 7) is 4.23. The number of furan rings is 1. The molecule has 1 aromatic carbocycles. The van der Waals surface area contributed by atoms with Crippen LogP contribution < -0.4 is 15.5 Å². The fourth-order valence-electron chi connectivity index (χ4n) is 1.72. The van der Waals surface area contributed by atoms with Crippen LogP contribution in [0.25, 0.3) is 0 Å². The first-order valence-corrected chi connectivity index (χ1v) is 7.02. The number of rotatable bonds is 5. The van der Waals surface area contributed by atoms with Crippen LogP contribution in [0.3, 0.4) is 0 Å². The minimum atomic E-state index is -0.876. The van der Waals surface area contributed by atoms with Gasteiger partial charge in [0.2, 0.25) is 0 Å². The summed E-state index contributed by atoms with van der Waals surface area (Å²) in [6.07, 6.45) is 1.31. The summed E-state index contributed by atoms with van der Waals surface area (Å²) in [5.41, 5.74) is 2.61. The molecule has 1 aromatic heterocycles. The van der Waals surface area contributed by atoms with E-state index in [-0.39, 0.29) is 0 Å². The van der Waals surface area contributed by atoms with Crippen molar-refractivity contribution in [2.75, 3.05) is 11.9 Å². The van der Waals surface area contributed by atoms with Crippen LogP contribution in [0.4, 0.5) is 5.69 Å². The Morgan fingerprint density at radius 1 is 1.17 bits per heavy atom.